The number of rotatable bonds is 3. The lowest BCUT2D eigenvalue weighted by molar-refractivity contribution is -0.118. The molecule has 0 saturated heterocycles. The normalized spacial score (nSPS) is 40.3. The summed E-state index contributed by atoms with van der Waals surface area (Å²) in [6.07, 6.45) is 8.57. The molecule has 4 aliphatic carbocycles. The van der Waals surface area contributed by atoms with Crippen LogP contribution in [0.3, 0.4) is 0 Å². The molecule has 4 aliphatic rings. The first-order chi connectivity index (χ1) is 11.5. The van der Waals surface area contributed by atoms with Crippen molar-refractivity contribution in [2.45, 2.75) is 64.5 Å². The van der Waals surface area contributed by atoms with E-state index >= 15 is 0 Å². The number of nitrogens with one attached hydrogen (secondary N) is 1. The lowest BCUT2D eigenvalue weighted by atomic mass is 9.43. The van der Waals surface area contributed by atoms with Gasteiger partial charge in [0.25, 0.3) is 0 Å². The van der Waals surface area contributed by atoms with E-state index in [0.717, 1.165) is 12.5 Å². The van der Waals surface area contributed by atoms with Crippen LogP contribution in [0.2, 0.25) is 0 Å². The van der Waals surface area contributed by atoms with Gasteiger partial charge in [-0.1, -0.05) is 56.3 Å². The van der Waals surface area contributed by atoms with Gasteiger partial charge in [0.15, 0.2) is 0 Å². The van der Waals surface area contributed by atoms with E-state index in [-0.39, 0.29) is 0 Å². The maximum atomic E-state index is 4.09. The number of hydrogen-bond donors (Lipinski definition) is 1. The summed E-state index contributed by atoms with van der Waals surface area (Å²) >= 11 is 0. The second kappa shape index (κ2) is 4.85. The van der Waals surface area contributed by atoms with Crippen molar-refractivity contribution in [3.8, 4) is 0 Å². The van der Waals surface area contributed by atoms with Gasteiger partial charge in [0.05, 0.1) is 0 Å². The Hall–Kier alpha value is -1.34. The highest BCUT2D eigenvalue weighted by molar-refractivity contribution is 5.85. The van der Waals surface area contributed by atoms with Gasteiger partial charge in [-0.25, -0.2) is 0 Å². The third-order valence-corrected chi connectivity index (χ3v) is 7.16. The van der Waals surface area contributed by atoms with Crippen LogP contribution in [-0.2, 0) is 6.54 Å². The van der Waals surface area contributed by atoms with Crippen molar-refractivity contribution in [3.63, 3.8) is 0 Å². The Morgan fingerprint density at radius 2 is 1.58 bits per heavy atom. The van der Waals surface area contributed by atoms with Crippen LogP contribution in [0.25, 0.3) is 10.8 Å². The summed E-state index contributed by atoms with van der Waals surface area (Å²) in [6.45, 7) is 6.13. The molecule has 0 amide bonds. The van der Waals surface area contributed by atoms with Crippen LogP contribution >= 0.6 is 0 Å². The van der Waals surface area contributed by atoms with E-state index in [0.29, 0.717) is 16.4 Å². The average molecular weight is 319 g/mol. The van der Waals surface area contributed by atoms with Crippen LogP contribution in [-0.4, -0.2) is 5.54 Å². The Balaban J connectivity index is 1.44. The quantitative estimate of drug-likeness (QED) is 0.767. The average Bonchev–Trinajstić information content (AvgIpc) is 2.49. The van der Waals surface area contributed by atoms with Crippen LogP contribution < -0.4 is 5.32 Å². The van der Waals surface area contributed by atoms with Gasteiger partial charge in [-0.05, 0) is 71.6 Å². The molecule has 0 radical (unpaired) electrons. The van der Waals surface area contributed by atoms with Crippen LogP contribution in [0.4, 0.5) is 0 Å². The Morgan fingerprint density at radius 3 is 2.33 bits per heavy atom. The first-order valence-corrected chi connectivity index (χ1v) is 9.69. The molecule has 1 N–H and O–H groups in total. The summed E-state index contributed by atoms with van der Waals surface area (Å²) in [7, 11) is 0. The summed E-state index contributed by atoms with van der Waals surface area (Å²) in [5.41, 5.74) is 3.01. The number of benzene rings is 2. The van der Waals surface area contributed by atoms with Gasteiger partial charge in [0.2, 0.25) is 0 Å². The minimum absolute atomic E-state index is 0.389. The van der Waals surface area contributed by atoms with Gasteiger partial charge in [-0.3, -0.25) is 0 Å². The van der Waals surface area contributed by atoms with E-state index in [1.54, 1.807) is 0 Å². The molecule has 2 unspecified atom stereocenters. The van der Waals surface area contributed by atoms with Gasteiger partial charge < -0.3 is 5.32 Å². The highest BCUT2D eigenvalue weighted by Gasteiger charge is 2.59. The van der Waals surface area contributed by atoms with Gasteiger partial charge in [0, 0.05) is 12.1 Å². The fraction of sp³-hybridized carbons (Fsp3) is 0.565. The first kappa shape index (κ1) is 15.0. The molecule has 4 fully saturated rings. The molecule has 0 aromatic heterocycles. The van der Waals surface area contributed by atoms with E-state index in [2.05, 4.69) is 61.6 Å². The first-order valence-electron chi connectivity index (χ1n) is 9.69. The molecule has 6 rings (SSSR count). The van der Waals surface area contributed by atoms with E-state index in [1.807, 2.05) is 0 Å². The summed E-state index contributed by atoms with van der Waals surface area (Å²) in [5, 5.41) is 6.86. The van der Waals surface area contributed by atoms with Gasteiger partial charge in [-0.15, -0.1) is 0 Å². The summed E-state index contributed by atoms with van der Waals surface area (Å²) in [6, 6.07) is 15.5. The van der Waals surface area contributed by atoms with Crippen molar-refractivity contribution < 1.29 is 0 Å². The predicted octanol–water partition coefficient (Wildman–Crippen LogP) is 5.68. The largest absolute Gasteiger partial charge is 0.307 e. The highest BCUT2D eigenvalue weighted by atomic mass is 15.0. The molecule has 4 atom stereocenters. The molecular formula is C23H29N. The lowest BCUT2D eigenvalue weighted by Crippen LogP contribution is -2.63. The fourth-order valence-electron chi connectivity index (χ4n) is 7.37. The molecule has 126 valence electrons. The smallest absolute Gasteiger partial charge is 0.0216 e. The molecule has 4 bridgehead atoms. The molecule has 0 aliphatic heterocycles. The third-order valence-electron chi connectivity index (χ3n) is 7.16. The SMILES string of the molecule is C[C@]12CC3CC(NCc4cccc5ccccc45)(C1)C[C@@](C)(C3)C2. The van der Waals surface area contributed by atoms with Crippen LogP contribution in [0.1, 0.15) is 57.9 Å². The summed E-state index contributed by atoms with van der Waals surface area (Å²) < 4.78 is 0. The Labute approximate surface area is 145 Å². The fourth-order valence-corrected chi connectivity index (χ4v) is 7.37. The van der Waals surface area contributed by atoms with Gasteiger partial charge >= 0.3 is 0 Å². The monoisotopic (exact) mass is 319 g/mol. The Morgan fingerprint density at radius 1 is 0.875 bits per heavy atom. The third kappa shape index (κ3) is 2.32. The van der Waals surface area contributed by atoms with E-state index < -0.39 is 0 Å². The van der Waals surface area contributed by atoms with Crippen molar-refractivity contribution in [1.82, 2.24) is 5.32 Å². The molecule has 2 aromatic rings. The maximum absolute atomic E-state index is 4.09. The number of hydrogen-bond acceptors (Lipinski definition) is 1. The molecule has 0 heterocycles. The van der Waals surface area contributed by atoms with Gasteiger partial charge in [0.1, 0.15) is 0 Å². The van der Waals surface area contributed by atoms with E-state index in [4.69, 9.17) is 0 Å². The zero-order valence-electron chi connectivity index (χ0n) is 15.1. The van der Waals surface area contributed by atoms with Crippen molar-refractivity contribution in [2.24, 2.45) is 16.7 Å². The molecule has 24 heavy (non-hydrogen) atoms. The van der Waals surface area contributed by atoms with E-state index in [9.17, 15) is 0 Å². The van der Waals surface area contributed by atoms with E-state index in [1.165, 1.54) is 54.9 Å². The Kier molecular flexibility index (Phi) is 3.02. The zero-order chi connectivity index (χ0) is 16.4. The van der Waals surface area contributed by atoms with Crippen molar-refractivity contribution in [3.05, 3.63) is 48.0 Å². The van der Waals surface area contributed by atoms with Crippen LogP contribution in [0.5, 0.6) is 0 Å². The topological polar surface area (TPSA) is 12.0 Å². The highest BCUT2D eigenvalue weighted by Crippen LogP contribution is 2.66. The van der Waals surface area contributed by atoms with Gasteiger partial charge in [-0.2, -0.15) is 0 Å². The maximum Gasteiger partial charge on any atom is 0.0216 e. The molecule has 1 heteroatoms. The second-order valence-corrected chi connectivity index (χ2v) is 9.90. The minimum Gasteiger partial charge on any atom is -0.307 e. The molecule has 4 saturated carbocycles. The van der Waals surface area contributed by atoms with Crippen molar-refractivity contribution in [1.29, 1.82) is 0 Å². The van der Waals surface area contributed by atoms with Crippen molar-refractivity contribution >= 4 is 10.8 Å². The predicted molar refractivity (Wildman–Crippen MR) is 101 cm³/mol. The summed E-state index contributed by atoms with van der Waals surface area (Å²) in [4.78, 5) is 0. The second-order valence-electron chi connectivity index (χ2n) is 9.90. The number of fused-ring (bicyclic) bond motifs is 1. The Bertz CT molecular complexity index is 768. The van der Waals surface area contributed by atoms with Crippen molar-refractivity contribution in [2.75, 3.05) is 0 Å². The standard InChI is InChI=1S/C23H29N/c1-21-10-17-11-22(2,14-21)16-23(12-17,15-21)24-13-19-8-5-7-18-6-3-4-9-20(18)19/h3-9,17,24H,10-16H2,1-2H3/t17?,21-,22+,23?. The van der Waals surface area contributed by atoms with Crippen LogP contribution in [0, 0.1) is 16.7 Å². The minimum atomic E-state index is 0.389. The molecule has 2 aromatic carbocycles. The molecule has 1 nitrogen and oxygen atoms in total. The molecular weight excluding hydrogens is 290 g/mol. The van der Waals surface area contributed by atoms with Crippen LogP contribution in [0.15, 0.2) is 42.5 Å². The summed E-state index contributed by atoms with van der Waals surface area (Å²) in [5.74, 6) is 0.955. The lowest BCUT2D eigenvalue weighted by Gasteiger charge is -2.65. The zero-order valence-corrected chi connectivity index (χ0v) is 15.1. The molecule has 0 spiro atoms.